The number of rotatable bonds is 5. The van der Waals surface area contributed by atoms with E-state index in [4.69, 9.17) is 4.99 Å². The first-order valence-corrected chi connectivity index (χ1v) is 10.8. The summed E-state index contributed by atoms with van der Waals surface area (Å²) < 4.78 is 0. The number of nitrogens with one attached hydrogen (secondary N) is 1. The average molecular weight is 405 g/mol. The number of aromatic amines is 1. The molecule has 1 aliphatic heterocycles. The monoisotopic (exact) mass is 405 g/mol. The predicted molar refractivity (Wildman–Crippen MR) is 135 cm³/mol. The van der Waals surface area contributed by atoms with E-state index in [1.165, 1.54) is 5.56 Å². The Kier molecular flexibility index (Phi) is 7.88. The maximum absolute atomic E-state index is 5.00. The third kappa shape index (κ3) is 5.15. The van der Waals surface area contributed by atoms with Crippen LogP contribution >= 0.6 is 0 Å². The molecule has 154 valence electrons. The van der Waals surface area contributed by atoms with Crippen molar-refractivity contribution in [3.05, 3.63) is 113 Å². The molecule has 0 radical (unpaired) electrons. The standard InChI is InChI=1S/C25H22BN3.C2H6/c1-3-5-20-6-7-23(28-20)25(19-12-16-27-17-13-19)24-9-8-22(29-24)21(4-2)18-10-14-26-15-11-18;1-2/h3-17,28H,1-2H3;1-2H3/b5-3-,21-4-,25-24-;. The maximum atomic E-state index is 5.00. The Balaban J connectivity index is 0.00000132. The summed E-state index contributed by atoms with van der Waals surface area (Å²) in [5, 5.41) is 0. The number of H-pyrrole nitrogens is 1. The van der Waals surface area contributed by atoms with Gasteiger partial charge in [-0.25, -0.2) is 0 Å². The van der Waals surface area contributed by atoms with Crippen molar-refractivity contribution in [1.29, 1.82) is 0 Å². The van der Waals surface area contributed by atoms with E-state index in [2.05, 4.69) is 77.4 Å². The predicted octanol–water partition coefficient (Wildman–Crippen LogP) is 6.68. The van der Waals surface area contributed by atoms with Crippen molar-refractivity contribution in [2.45, 2.75) is 27.7 Å². The van der Waals surface area contributed by atoms with Crippen molar-refractivity contribution in [2.75, 3.05) is 0 Å². The van der Waals surface area contributed by atoms with Crippen molar-refractivity contribution < 1.29 is 0 Å². The molecule has 0 amide bonds. The van der Waals surface area contributed by atoms with Gasteiger partial charge in [0.05, 0.1) is 0 Å². The van der Waals surface area contributed by atoms with Crippen LogP contribution in [-0.2, 0) is 0 Å². The molecule has 3 nitrogen and oxygen atoms in total. The van der Waals surface area contributed by atoms with Crippen molar-refractivity contribution in [3.63, 3.8) is 0 Å². The molecule has 4 heterocycles. The summed E-state index contributed by atoms with van der Waals surface area (Å²) in [5.74, 6) is 4.11. The number of aromatic nitrogens is 2. The zero-order valence-electron chi connectivity index (χ0n) is 18.6. The minimum absolute atomic E-state index is 0.940. The number of aliphatic imine (C=N–C) groups is 1. The Bertz CT molecular complexity index is 1150. The fraction of sp³-hybridized carbons (Fsp3) is 0.148. The summed E-state index contributed by atoms with van der Waals surface area (Å²) in [6, 6.07) is 12.5. The molecule has 0 aromatic carbocycles. The quantitative estimate of drug-likeness (QED) is 0.505. The van der Waals surface area contributed by atoms with Crippen LogP contribution in [0.2, 0.25) is 0 Å². The normalized spacial score (nSPS) is 14.8. The van der Waals surface area contributed by atoms with Gasteiger partial charge in [0.15, 0.2) is 0 Å². The van der Waals surface area contributed by atoms with Crippen molar-refractivity contribution >= 4 is 29.8 Å². The second-order valence-corrected chi connectivity index (χ2v) is 6.72. The Morgan fingerprint density at radius 3 is 2.32 bits per heavy atom. The van der Waals surface area contributed by atoms with Gasteiger partial charge >= 0.3 is 159 Å². The van der Waals surface area contributed by atoms with Gasteiger partial charge in [0, 0.05) is 0 Å². The topological polar surface area (TPSA) is 41.0 Å². The van der Waals surface area contributed by atoms with Gasteiger partial charge in [-0.2, -0.15) is 0 Å². The summed E-state index contributed by atoms with van der Waals surface area (Å²) in [6.07, 6.45) is 14.0. The summed E-state index contributed by atoms with van der Waals surface area (Å²) in [5.41, 5.74) is 8.47. The van der Waals surface area contributed by atoms with Crippen LogP contribution in [0.15, 0.2) is 95.7 Å². The molecule has 0 fully saturated rings. The molecular weight excluding hydrogens is 377 g/mol. The molecule has 0 saturated carbocycles. The van der Waals surface area contributed by atoms with Gasteiger partial charge in [-0.15, -0.1) is 0 Å². The number of hydrogen-bond donors (Lipinski definition) is 1. The van der Waals surface area contributed by atoms with Crippen LogP contribution in [0.4, 0.5) is 0 Å². The molecule has 3 aromatic rings. The third-order valence-corrected chi connectivity index (χ3v) is 4.84. The molecule has 1 N–H and O–H groups in total. The molecule has 0 bridgehead atoms. The SMILES string of the molecule is C/C=C\c1ccc(/C(=C2/C=CC(C(=C\C)/c3ccbcc3)=N2)c2ccncc2)[nH]1.CC. The zero-order valence-corrected chi connectivity index (χ0v) is 18.6. The Labute approximate surface area is 185 Å². The first-order valence-electron chi connectivity index (χ1n) is 10.8. The molecular formula is C27H28BN3. The van der Waals surface area contributed by atoms with Crippen LogP contribution in [-0.4, -0.2) is 22.6 Å². The van der Waals surface area contributed by atoms with E-state index in [-0.39, 0.29) is 0 Å². The van der Waals surface area contributed by atoms with E-state index in [1.54, 1.807) is 0 Å². The molecule has 4 rings (SSSR count). The van der Waals surface area contributed by atoms with Gasteiger partial charge in [-0.1, -0.05) is 19.9 Å². The van der Waals surface area contributed by atoms with E-state index in [1.807, 2.05) is 58.3 Å². The molecule has 0 aliphatic carbocycles. The van der Waals surface area contributed by atoms with Gasteiger partial charge in [-0.3, -0.25) is 0 Å². The molecule has 1 aliphatic rings. The van der Waals surface area contributed by atoms with Gasteiger partial charge in [0.1, 0.15) is 0 Å². The molecule has 0 spiro atoms. The van der Waals surface area contributed by atoms with Gasteiger partial charge < -0.3 is 0 Å². The maximum Gasteiger partial charge on any atom is -0.0683 e. The van der Waals surface area contributed by atoms with Crippen LogP contribution in [0.25, 0.3) is 17.2 Å². The zero-order chi connectivity index (χ0) is 22.1. The van der Waals surface area contributed by atoms with E-state index in [0.29, 0.717) is 0 Å². The summed E-state index contributed by atoms with van der Waals surface area (Å²) in [6.45, 7) is 10.1. The second kappa shape index (κ2) is 11.0. The van der Waals surface area contributed by atoms with Gasteiger partial charge in [0.2, 0.25) is 0 Å². The van der Waals surface area contributed by atoms with Gasteiger partial charge in [-0.05, 0) is 6.92 Å². The molecule has 0 atom stereocenters. The van der Waals surface area contributed by atoms with Crippen LogP contribution in [0.5, 0.6) is 0 Å². The van der Waals surface area contributed by atoms with Crippen molar-refractivity contribution in [2.24, 2.45) is 4.99 Å². The fourth-order valence-corrected chi connectivity index (χ4v) is 3.53. The van der Waals surface area contributed by atoms with Crippen LogP contribution < -0.4 is 0 Å². The van der Waals surface area contributed by atoms with Crippen LogP contribution in [0, 0.1) is 0 Å². The first kappa shape index (κ1) is 22.2. The minimum Gasteiger partial charge on any atom is -0.0683 e. The Hall–Kier alpha value is -3.53. The van der Waals surface area contributed by atoms with Crippen LogP contribution in [0.3, 0.4) is 0 Å². The molecule has 4 heteroatoms. The Morgan fingerprint density at radius 2 is 1.65 bits per heavy atom. The minimum atomic E-state index is 0.940. The van der Waals surface area contributed by atoms with E-state index in [0.717, 1.165) is 39.5 Å². The number of hydrogen-bond acceptors (Lipinski definition) is 2. The van der Waals surface area contributed by atoms with E-state index >= 15 is 0 Å². The number of pyridine rings is 1. The summed E-state index contributed by atoms with van der Waals surface area (Å²) >= 11 is 0. The van der Waals surface area contributed by atoms with Gasteiger partial charge in [0.25, 0.3) is 0 Å². The summed E-state index contributed by atoms with van der Waals surface area (Å²) in [7, 11) is 0. The molecule has 3 aromatic heterocycles. The van der Waals surface area contributed by atoms with Crippen molar-refractivity contribution in [1.82, 2.24) is 9.97 Å². The van der Waals surface area contributed by atoms with Crippen molar-refractivity contribution in [3.8, 4) is 0 Å². The molecule has 0 saturated heterocycles. The Morgan fingerprint density at radius 1 is 0.903 bits per heavy atom. The first-order chi connectivity index (χ1) is 15.3. The third-order valence-electron chi connectivity index (χ3n) is 4.84. The number of allylic oxidation sites excluding steroid dienone is 5. The van der Waals surface area contributed by atoms with Crippen LogP contribution in [0.1, 0.15) is 50.2 Å². The fourth-order valence-electron chi connectivity index (χ4n) is 3.53. The number of nitrogens with zero attached hydrogens (tertiary/aromatic N) is 2. The summed E-state index contributed by atoms with van der Waals surface area (Å²) in [4.78, 5) is 12.7. The second-order valence-electron chi connectivity index (χ2n) is 6.72. The smallest absolute Gasteiger partial charge is 0.0683 e. The molecule has 31 heavy (non-hydrogen) atoms. The largest absolute Gasteiger partial charge is 0.0683 e. The van der Waals surface area contributed by atoms with E-state index in [9.17, 15) is 0 Å². The average Bonchev–Trinajstić information content (AvgIpc) is 3.48. The molecule has 0 unspecified atom stereocenters. The van der Waals surface area contributed by atoms with E-state index < -0.39 is 0 Å².